The second kappa shape index (κ2) is 4.77. The number of carbonyl (C=O) groups is 1. The van der Waals surface area contributed by atoms with E-state index in [4.69, 9.17) is 9.68 Å². The predicted octanol–water partition coefficient (Wildman–Crippen LogP) is 2.95. The smallest absolute Gasteiger partial charge is 0.258 e. The minimum atomic E-state index is -0.310. The van der Waals surface area contributed by atoms with Gasteiger partial charge in [-0.25, -0.2) is 0 Å². The first kappa shape index (κ1) is 11.8. The van der Waals surface area contributed by atoms with E-state index in [1.807, 2.05) is 24.3 Å². The fraction of sp³-hybridized carbons (Fsp3) is 0.333. The summed E-state index contributed by atoms with van der Waals surface area (Å²) >= 11 is 0. The van der Waals surface area contributed by atoms with E-state index in [1.54, 1.807) is 4.90 Å². The Kier molecular flexibility index (Phi) is 2.96. The minimum absolute atomic E-state index is 0.101. The topological polar surface area (TPSA) is 57.2 Å². The van der Waals surface area contributed by atoms with Crippen molar-refractivity contribution in [2.24, 2.45) is 0 Å². The van der Waals surface area contributed by atoms with Crippen LogP contribution in [0.2, 0.25) is 0 Å². The van der Waals surface area contributed by atoms with E-state index in [0.29, 0.717) is 17.7 Å². The van der Waals surface area contributed by atoms with Crippen LogP contribution >= 0.6 is 0 Å². The molecule has 19 heavy (non-hydrogen) atoms. The van der Waals surface area contributed by atoms with Crippen molar-refractivity contribution in [1.82, 2.24) is 4.90 Å². The third kappa shape index (κ3) is 1.97. The van der Waals surface area contributed by atoms with Gasteiger partial charge in [0.15, 0.2) is 0 Å². The van der Waals surface area contributed by atoms with Crippen LogP contribution in [0.4, 0.5) is 0 Å². The molecule has 1 fully saturated rings. The standard InChI is InChI=1S/C15H14N2O2/c16-9-11-5-3-4-8-17(11)15(18)13-10-19-14-7-2-1-6-12(13)14/h1-2,6-7,10-11H,3-5,8H2. The summed E-state index contributed by atoms with van der Waals surface area (Å²) in [6.07, 6.45) is 4.22. The quantitative estimate of drug-likeness (QED) is 0.786. The second-order valence-corrected chi connectivity index (χ2v) is 4.78. The van der Waals surface area contributed by atoms with Gasteiger partial charge in [0.2, 0.25) is 0 Å². The van der Waals surface area contributed by atoms with Gasteiger partial charge in [0.05, 0.1) is 11.6 Å². The van der Waals surface area contributed by atoms with Crippen LogP contribution in [0.1, 0.15) is 29.6 Å². The first-order valence-corrected chi connectivity index (χ1v) is 6.48. The number of fused-ring (bicyclic) bond motifs is 1. The number of amides is 1. The molecule has 4 heteroatoms. The highest BCUT2D eigenvalue weighted by molar-refractivity contribution is 6.06. The third-order valence-corrected chi connectivity index (χ3v) is 3.62. The molecule has 2 heterocycles. The van der Waals surface area contributed by atoms with Crippen molar-refractivity contribution >= 4 is 16.9 Å². The van der Waals surface area contributed by atoms with Crippen molar-refractivity contribution in [2.75, 3.05) is 6.54 Å². The number of hydrogen-bond acceptors (Lipinski definition) is 3. The molecule has 2 aromatic rings. The summed E-state index contributed by atoms with van der Waals surface area (Å²) < 4.78 is 5.40. The summed E-state index contributed by atoms with van der Waals surface area (Å²) in [4.78, 5) is 14.2. The highest BCUT2D eigenvalue weighted by atomic mass is 16.3. The number of hydrogen-bond donors (Lipinski definition) is 0. The molecule has 1 aliphatic rings. The summed E-state index contributed by atoms with van der Waals surface area (Å²) in [5.74, 6) is -0.101. The van der Waals surface area contributed by atoms with E-state index in [-0.39, 0.29) is 11.9 Å². The largest absolute Gasteiger partial charge is 0.463 e. The lowest BCUT2D eigenvalue weighted by Gasteiger charge is -2.31. The first-order valence-electron chi connectivity index (χ1n) is 6.48. The normalized spacial score (nSPS) is 19.3. The number of likely N-dealkylation sites (tertiary alicyclic amines) is 1. The van der Waals surface area contributed by atoms with Crippen molar-refractivity contribution < 1.29 is 9.21 Å². The molecule has 1 amide bonds. The van der Waals surface area contributed by atoms with Crippen LogP contribution in [-0.2, 0) is 0 Å². The van der Waals surface area contributed by atoms with Crippen LogP contribution in [0, 0.1) is 11.3 Å². The molecule has 1 unspecified atom stereocenters. The zero-order chi connectivity index (χ0) is 13.2. The lowest BCUT2D eigenvalue weighted by molar-refractivity contribution is 0.0671. The van der Waals surface area contributed by atoms with Gasteiger partial charge in [-0.3, -0.25) is 4.79 Å². The van der Waals surface area contributed by atoms with Crippen LogP contribution in [0.5, 0.6) is 0 Å². The minimum Gasteiger partial charge on any atom is -0.463 e. The van der Waals surface area contributed by atoms with E-state index in [9.17, 15) is 4.79 Å². The molecule has 1 aromatic carbocycles. The Morgan fingerprint density at radius 1 is 1.37 bits per heavy atom. The average molecular weight is 254 g/mol. The number of furan rings is 1. The number of benzene rings is 1. The van der Waals surface area contributed by atoms with Crippen molar-refractivity contribution in [1.29, 1.82) is 5.26 Å². The monoisotopic (exact) mass is 254 g/mol. The fourth-order valence-electron chi connectivity index (χ4n) is 2.61. The maximum absolute atomic E-state index is 12.6. The molecule has 0 radical (unpaired) electrons. The van der Waals surface area contributed by atoms with Crippen molar-refractivity contribution in [3.63, 3.8) is 0 Å². The van der Waals surface area contributed by atoms with Crippen molar-refractivity contribution in [2.45, 2.75) is 25.3 Å². The predicted molar refractivity (Wildman–Crippen MR) is 70.5 cm³/mol. The van der Waals surface area contributed by atoms with Gasteiger partial charge in [-0.2, -0.15) is 5.26 Å². The summed E-state index contributed by atoms with van der Waals surface area (Å²) in [6.45, 7) is 0.649. The van der Waals surface area contributed by atoms with E-state index in [1.165, 1.54) is 6.26 Å². The van der Waals surface area contributed by atoms with Gasteiger partial charge in [0.25, 0.3) is 5.91 Å². The Morgan fingerprint density at radius 2 is 2.21 bits per heavy atom. The number of nitrogens with zero attached hydrogens (tertiary/aromatic N) is 2. The zero-order valence-electron chi connectivity index (χ0n) is 10.5. The Labute approximate surface area is 111 Å². The van der Waals surface area contributed by atoms with E-state index < -0.39 is 0 Å². The summed E-state index contributed by atoms with van der Waals surface area (Å²) in [7, 11) is 0. The number of rotatable bonds is 1. The Hall–Kier alpha value is -2.28. The zero-order valence-corrected chi connectivity index (χ0v) is 10.5. The summed E-state index contributed by atoms with van der Waals surface area (Å²) in [6, 6.07) is 9.37. The highest BCUT2D eigenvalue weighted by Gasteiger charge is 2.29. The molecule has 3 rings (SSSR count). The third-order valence-electron chi connectivity index (χ3n) is 3.62. The number of para-hydroxylation sites is 1. The van der Waals surface area contributed by atoms with Gasteiger partial charge in [-0.1, -0.05) is 18.2 Å². The lowest BCUT2D eigenvalue weighted by atomic mass is 10.0. The molecule has 0 N–H and O–H groups in total. The van der Waals surface area contributed by atoms with Crippen LogP contribution in [0.25, 0.3) is 11.0 Å². The molecule has 0 spiro atoms. The molecular formula is C15H14N2O2. The Morgan fingerprint density at radius 3 is 3.05 bits per heavy atom. The fourth-order valence-corrected chi connectivity index (χ4v) is 2.61. The Balaban J connectivity index is 1.97. The molecule has 1 atom stereocenters. The van der Waals surface area contributed by atoms with Gasteiger partial charge < -0.3 is 9.32 Å². The molecule has 0 bridgehead atoms. The lowest BCUT2D eigenvalue weighted by Crippen LogP contribution is -2.42. The van der Waals surface area contributed by atoms with Crippen LogP contribution in [0.15, 0.2) is 34.9 Å². The summed E-state index contributed by atoms with van der Waals surface area (Å²) in [5, 5.41) is 9.97. The average Bonchev–Trinajstić information content (AvgIpc) is 2.90. The molecule has 96 valence electrons. The van der Waals surface area contributed by atoms with Crippen LogP contribution < -0.4 is 0 Å². The van der Waals surface area contributed by atoms with E-state index >= 15 is 0 Å². The van der Waals surface area contributed by atoms with Gasteiger partial charge >= 0.3 is 0 Å². The van der Waals surface area contributed by atoms with Crippen molar-refractivity contribution in [3.05, 3.63) is 36.1 Å². The van der Waals surface area contributed by atoms with E-state index in [0.717, 1.165) is 24.6 Å². The second-order valence-electron chi connectivity index (χ2n) is 4.78. The van der Waals surface area contributed by atoms with Gasteiger partial charge in [-0.05, 0) is 25.3 Å². The van der Waals surface area contributed by atoms with Crippen LogP contribution in [-0.4, -0.2) is 23.4 Å². The molecule has 1 aromatic heterocycles. The van der Waals surface area contributed by atoms with Gasteiger partial charge in [-0.15, -0.1) is 0 Å². The van der Waals surface area contributed by atoms with Crippen LogP contribution in [0.3, 0.4) is 0 Å². The molecule has 0 aliphatic carbocycles. The highest BCUT2D eigenvalue weighted by Crippen LogP contribution is 2.25. The molecule has 1 saturated heterocycles. The SMILES string of the molecule is N#CC1CCCCN1C(=O)c1coc2ccccc12. The maximum atomic E-state index is 12.6. The molecule has 1 aliphatic heterocycles. The van der Waals surface area contributed by atoms with E-state index in [2.05, 4.69) is 6.07 Å². The number of carbonyl (C=O) groups excluding carboxylic acids is 1. The maximum Gasteiger partial charge on any atom is 0.258 e. The van der Waals surface area contributed by atoms with Gasteiger partial charge in [0.1, 0.15) is 17.9 Å². The summed E-state index contributed by atoms with van der Waals surface area (Å²) in [5.41, 5.74) is 1.26. The Bertz CT molecular complexity index is 653. The molecule has 0 saturated carbocycles. The molecular weight excluding hydrogens is 240 g/mol. The van der Waals surface area contributed by atoms with Gasteiger partial charge in [0, 0.05) is 11.9 Å². The number of nitriles is 1. The van der Waals surface area contributed by atoms with Crippen molar-refractivity contribution in [3.8, 4) is 6.07 Å². The molecule has 4 nitrogen and oxygen atoms in total. The first-order chi connectivity index (χ1) is 9.31. The number of piperidine rings is 1.